The first-order valence-electron chi connectivity index (χ1n) is 7.27. The highest BCUT2D eigenvalue weighted by Crippen LogP contribution is 2.27. The molecular formula is C18H19BrN. The molecule has 1 nitrogen and oxygen atoms in total. The largest absolute Gasteiger partial charge is 0.371 e. The molecule has 0 aliphatic carbocycles. The minimum absolute atomic E-state index is 0.826. The van der Waals surface area contributed by atoms with Gasteiger partial charge in [-0.25, -0.2) is 0 Å². The number of rotatable bonds is 3. The Morgan fingerprint density at radius 3 is 2.55 bits per heavy atom. The van der Waals surface area contributed by atoms with Gasteiger partial charge in [0.15, 0.2) is 0 Å². The van der Waals surface area contributed by atoms with Gasteiger partial charge in [0.25, 0.3) is 0 Å². The lowest BCUT2D eigenvalue weighted by Gasteiger charge is -2.33. The van der Waals surface area contributed by atoms with Crippen molar-refractivity contribution in [2.75, 3.05) is 18.0 Å². The molecule has 1 radical (unpaired) electrons. The standard InChI is InChI=1S/C18H19BrN/c19-17-7-4-8-18(14-17)20-11-9-16(10-12-20)13-15-5-2-1-3-6-15/h1-6,8,14,16H,9-13H2. The van der Waals surface area contributed by atoms with Gasteiger partial charge in [-0.05, 0) is 48.9 Å². The average molecular weight is 329 g/mol. The maximum absolute atomic E-state index is 3.50. The summed E-state index contributed by atoms with van der Waals surface area (Å²) in [4.78, 5) is 2.49. The molecule has 0 aromatic heterocycles. The highest BCUT2D eigenvalue weighted by atomic mass is 79.9. The topological polar surface area (TPSA) is 3.24 Å². The van der Waals surface area contributed by atoms with E-state index in [0.717, 1.165) is 23.5 Å². The zero-order chi connectivity index (χ0) is 13.8. The first kappa shape index (κ1) is 13.7. The van der Waals surface area contributed by atoms with Crippen LogP contribution in [-0.4, -0.2) is 13.1 Å². The van der Waals surface area contributed by atoms with E-state index in [9.17, 15) is 0 Å². The van der Waals surface area contributed by atoms with Gasteiger partial charge in [-0.15, -0.1) is 0 Å². The second kappa shape index (κ2) is 6.45. The van der Waals surface area contributed by atoms with E-state index in [1.807, 2.05) is 6.07 Å². The van der Waals surface area contributed by atoms with E-state index >= 15 is 0 Å². The van der Waals surface area contributed by atoms with Crippen LogP contribution >= 0.6 is 15.9 Å². The van der Waals surface area contributed by atoms with E-state index in [1.54, 1.807) is 0 Å². The summed E-state index contributed by atoms with van der Waals surface area (Å²) in [5.74, 6) is 0.826. The van der Waals surface area contributed by atoms with Crippen LogP contribution in [0, 0.1) is 12.0 Å². The Morgan fingerprint density at radius 1 is 1.10 bits per heavy atom. The molecule has 0 atom stereocenters. The fraction of sp³-hybridized carbons (Fsp3) is 0.333. The van der Waals surface area contributed by atoms with Crippen molar-refractivity contribution >= 4 is 21.6 Å². The van der Waals surface area contributed by atoms with E-state index in [2.05, 4.69) is 69.4 Å². The van der Waals surface area contributed by atoms with Crippen molar-refractivity contribution in [2.24, 2.45) is 5.92 Å². The third kappa shape index (κ3) is 3.43. The van der Waals surface area contributed by atoms with E-state index < -0.39 is 0 Å². The minimum Gasteiger partial charge on any atom is -0.371 e. The van der Waals surface area contributed by atoms with Crippen molar-refractivity contribution < 1.29 is 0 Å². The zero-order valence-corrected chi connectivity index (χ0v) is 13.1. The number of nitrogens with zero attached hydrogens (tertiary/aromatic N) is 1. The van der Waals surface area contributed by atoms with E-state index in [0.29, 0.717) is 0 Å². The molecule has 0 bridgehead atoms. The van der Waals surface area contributed by atoms with Crippen LogP contribution in [0.5, 0.6) is 0 Å². The van der Waals surface area contributed by atoms with E-state index in [1.165, 1.54) is 30.5 Å². The van der Waals surface area contributed by atoms with Crippen molar-refractivity contribution in [2.45, 2.75) is 19.3 Å². The molecule has 1 saturated heterocycles. The van der Waals surface area contributed by atoms with Gasteiger partial charge >= 0.3 is 0 Å². The smallest absolute Gasteiger partial charge is 0.0377 e. The molecule has 2 aromatic rings. The van der Waals surface area contributed by atoms with Gasteiger partial charge in [0.1, 0.15) is 0 Å². The maximum atomic E-state index is 3.50. The molecule has 103 valence electrons. The molecule has 0 saturated carbocycles. The van der Waals surface area contributed by atoms with Crippen LogP contribution in [0.1, 0.15) is 18.4 Å². The fourth-order valence-corrected chi connectivity index (χ4v) is 3.33. The first-order chi connectivity index (χ1) is 9.81. The summed E-state index contributed by atoms with van der Waals surface area (Å²) in [7, 11) is 0. The van der Waals surface area contributed by atoms with E-state index in [4.69, 9.17) is 0 Å². The number of halogens is 1. The lowest BCUT2D eigenvalue weighted by Crippen LogP contribution is -2.34. The van der Waals surface area contributed by atoms with Crippen LogP contribution in [0.3, 0.4) is 0 Å². The van der Waals surface area contributed by atoms with Crippen LogP contribution < -0.4 is 4.90 Å². The second-order valence-electron chi connectivity index (χ2n) is 5.51. The summed E-state index contributed by atoms with van der Waals surface area (Å²) in [6.45, 7) is 2.32. The van der Waals surface area contributed by atoms with Gasteiger partial charge in [0, 0.05) is 23.2 Å². The summed E-state index contributed by atoms with van der Waals surface area (Å²) < 4.78 is 1.04. The molecule has 0 amide bonds. The minimum atomic E-state index is 0.826. The number of anilines is 1. The molecule has 3 rings (SSSR count). The van der Waals surface area contributed by atoms with Crippen molar-refractivity contribution in [3.63, 3.8) is 0 Å². The lowest BCUT2D eigenvalue weighted by molar-refractivity contribution is 0.404. The number of benzene rings is 2. The van der Waals surface area contributed by atoms with Gasteiger partial charge in [-0.2, -0.15) is 0 Å². The monoisotopic (exact) mass is 328 g/mol. The summed E-state index contributed by atoms with van der Waals surface area (Å²) in [5, 5.41) is 0. The number of hydrogen-bond donors (Lipinski definition) is 0. The third-order valence-electron chi connectivity index (χ3n) is 4.10. The maximum Gasteiger partial charge on any atom is 0.0377 e. The van der Waals surface area contributed by atoms with Crippen molar-refractivity contribution in [3.05, 3.63) is 64.6 Å². The SMILES string of the molecule is Brc1[c]ccc(N2CCC(Cc3ccccc3)CC2)c1. The second-order valence-corrected chi connectivity index (χ2v) is 6.37. The van der Waals surface area contributed by atoms with Crippen molar-refractivity contribution in [3.8, 4) is 0 Å². The van der Waals surface area contributed by atoms with Gasteiger partial charge < -0.3 is 4.90 Å². The highest BCUT2D eigenvalue weighted by molar-refractivity contribution is 9.10. The molecular weight excluding hydrogens is 310 g/mol. The summed E-state index contributed by atoms with van der Waals surface area (Å²) >= 11 is 3.50. The molecule has 0 N–H and O–H groups in total. The Morgan fingerprint density at radius 2 is 1.85 bits per heavy atom. The molecule has 0 unspecified atom stereocenters. The summed E-state index contributed by atoms with van der Waals surface area (Å²) in [5.41, 5.74) is 2.79. The fourth-order valence-electron chi connectivity index (χ4n) is 2.97. The van der Waals surface area contributed by atoms with Crippen molar-refractivity contribution in [1.82, 2.24) is 0 Å². The lowest BCUT2D eigenvalue weighted by atomic mass is 9.90. The predicted molar refractivity (Wildman–Crippen MR) is 88.1 cm³/mol. The van der Waals surface area contributed by atoms with Crippen LogP contribution in [0.25, 0.3) is 0 Å². The molecule has 1 heterocycles. The molecule has 1 aliphatic heterocycles. The predicted octanol–water partition coefficient (Wildman–Crippen LogP) is 4.71. The third-order valence-corrected chi connectivity index (χ3v) is 4.55. The van der Waals surface area contributed by atoms with Crippen molar-refractivity contribution in [1.29, 1.82) is 0 Å². The summed E-state index contributed by atoms with van der Waals surface area (Å²) in [6, 6.07) is 20.3. The van der Waals surface area contributed by atoms with Crippen LogP contribution in [0.15, 0.2) is 53.0 Å². The molecule has 1 fully saturated rings. The number of piperidine rings is 1. The van der Waals surface area contributed by atoms with Gasteiger partial charge in [-0.1, -0.05) is 52.3 Å². The zero-order valence-electron chi connectivity index (χ0n) is 11.6. The normalized spacial score (nSPS) is 16.4. The van der Waals surface area contributed by atoms with Crippen LogP contribution in [-0.2, 0) is 6.42 Å². The highest BCUT2D eigenvalue weighted by Gasteiger charge is 2.19. The number of hydrogen-bond acceptors (Lipinski definition) is 1. The Labute approximate surface area is 129 Å². The Hall–Kier alpha value is -1.28. The Bertz CT molecular complexity index is 544. The molecule has 1 aliphatic rings. The quantitative estimate of drug-likeness (QED) is 0.788. The summed E-state index contributed by atoms with van der Waals surface area (Å²) in [6.07, 6.45) is 3.79. The molecule has 2 heteroatoms. The van der Waals surface area contributed by atoms with Crippen LogP contribution in [0.2, 0.25) is 0 Å². The van der Waals surface area contributed by atoms with Gasteiger partial charge in [0.05, 0.1) is 0 Å². The van der Waals surface area contributed by atoms with Gasteiger partial charge in [-0.3, -0.25) is 0 Å². The molecule has 0 spiro atoms. The Balaban J connectivity index is 1.57. The van der Waals surface area contributed by atoms with Crippen LogP contribution in [0.4, 0.5) is 5.69 Å². The first-order valence-corrected chi connectivity index (χ1v) is 8.07. The Kier molecular flexibility index (Phi) is 4.41. The molecule has 20 heavy (non-hydrogen) atoms. The average Bonchev–Trinajstić information content (AvgIpc) is 2.49. The van der Waals surface area contributed by atoms with Gasteiger partial charge in [0.2, 0.25) is 0 Å². The molecule has 2 aromatic carbocycles. The van der Waals surface area contributed by atoms with E-state index in [-0.39, 0.29) is 0 Å².